The van der Waals surface area contributed by atoms with Gasteiger partial charge in [-0.1, -0.05) is 0 Å². The number of hydrogen-bond donors (Lipinski definition) is 7. The van der Waals surface area contributed by atoms with Crippen molar-refractivity contribution in [2.24, 2.45) is 9.98 Å². The van der Waals surface area contributed by atoms with E-state index in [0.29, 0.717) is 23.4 Å². The van der Waals surface area contributed by atoms with E-state index in [1.807, 2.05) is 0 Å². The van der Waals surface area contributed by atoms with Gasteiger partial charge in [0.1, 0.15) is 6.67 Å². The summed E-state index contributed by atoms with van der Waals surface area (Å²) in [5.74, 6) is 0.00952. The van der Waals surface area contributed by atoms with Crippen LogP contribution in [0.4, 0.5) is 21.5 Å². The van der Waals surface area contributed by atoms with Gasteiger partial charge in [0.25, 0.3) is 23.6 Å². The van der Waals surface area contributed by atoms with Crippen molar-refractivity contribution in [2.75, 3.05) is 44.4 Å². The van der Waals surface area contributed by atoms with Crippen molar-refractivity contribution in [3.8, 4) is 12.5 Å². The number of aliphatic imine (C=N–C) groups is 2. The Labute approximate surface area is 253 Å². The van der Waals surface area contributed by atoms with E-state index in [1.165, 1.54) is 24.7 Å². The summed E-state index contributed by atoms with van der Waals surface area (Å²) in [6, 6.07) is -0.728. The molecule has 2 aromatic heterocycles. The number of hydrogen-bond acceptors (Lipinski definition) is 17. The highest BCUT2D eigenvalue weighted by Gasteiger charge is 2.11. The lowest BCUT2D eigenvalue weighted by Gasteiger charge is -2.09. The Morgan fingerprint density at radius 1 is 0.956 bits per heavy atom. The summed E-state index contributed by atoms with van der Waals surface area (Å²) in [6.07, 6.45) is 4.75. The number of H-pyrrole nitrogens is 2. The van der Waals surface area contributed by atoms with Crippen LogP contribution in [0.2, 0.25) is 0 Å². The molecule has 22 heteroatoms. The second-order valence-electron chi connectivity index (χ2n) is 7.56. The number of aromatic amines is 2. The fourth-order valence-corrected chi connectivity index (χ4v) is 2.81. The largest absolute Gasteiger partial charge is 0.449 e. The fourth-order valence-electron chi connectivity index (χ4n) is 2.81. The normalized spacial score (nSPS) is 8.91. The predicted molar refractivity (Wildman–Crippen MR) is 149 cm³/mol. The van der Waals surface area contributed by atoms with E-state index in [1.54, 1.807) is 13.8 Å². The minimum absolute atomic E-state index is 0.0600. The Bertz CT molecular complexity index is 1560. The van der Waals surface area contributed by atoms with Crippen molar-refractivity contribution in [1.82, 2.24) is 30.6 Å². The molecule has 0 spiro atoms. The zero-order valence-electron chi connectivity index (χ0n) is 23.8. The number of nitrogen functional groups attached to an aromatic ring is 1. The summed E-state index contributed by atoms with van der Waals surface area (Å²) in [6.45, 7) is 2.25. The van der Waals surface area contributed by atoms with Gasteiger partial charge in [0.15, 0.2) is 6.73 Å². The second-order valence-corrected chi connectivity index (χ2v) is 7.56. The number of carbonyl (C=O) groups is 2. The van der Waals surface area contributed by atoms with Crippen LogP contribution in [-0.4, -0.2) is 82.7 Å². The van der Waals surface area contributed by atoms with Gasteiger partial charge in [0, 0.05) is 30.6 Å². The van der Waals surface area contributed by atoms with Crippen molar-refractivity contribution < 1.29 is 38.5 Å². The SMILES string of the molecule is Cc1nc(N)[nH]c(=O)c1CCO.Cc1nc(NC(=O)NCOC#N)[nH]c(=O)c1CCOC(=O)NCN=C=O.N#COCN=C=O. The fraction of sp³-hybridized carbons (Fsp3) is 0.391. The first-order valence-corrected chi connectivity index (χ1v) is 12.1. The first kappa shape index (κ1) is 38.4. The van der Waals surface area contributed by atoms with Crippen LogP contribution in [0.3, 0.4) is 0 Å². The average molecular weight is 633 g/mol. The standard InChI is InChI=1S/C13H15N7O6.C7H11N3O2.C3H2N2O2/c1-8-9(2-3-26-13(24)16-5-15-6-21)10(22)19-11(18-8)20-12(23)17-7-25-4-14;1-4-5(2-3-11)6(12)10-7(8)9-4;4-1-7-3-5-2-6/h2-3,5,7H2,1H3,(H,16,24)(H3,17,18,19,20,22,23);11H,2-3H2,1H3,(H3,8,9,10,12);3H2. The number of aromatic nitrogens is 4. The molecule has 0 unspecified atom stereocenters. The lowest BCUT2D eigenvalue weighted by atomic mass is 10.2. The first-order valence-electron chi connectivity index (χ1n) is 12.1. The molecule has 2 heterocycles. The number of carbonyl (C=O) groups excluding carboxylic acids is 4. The molecule has 2 rings (SSSR count). The van der Waals surface area contributed by atoms with Crippen LogP contribution in [0.15, 0.2) is 19.6 Å². The van der Waals surface area contributed by atoms with Gasteiger partial charge in [0.2, 0.25) is 30.8 Å². The van der Waals surface area contributed by atoms with Crippen molar-refractivity contribution in [3.63, 3.8) is 0 Å². The van der Waals surface area contributed by atoms with Crippen molar-refractivity contribution in [1.29, 1.82) is 10.5 Å². The molecule has 0 bridgehead atoms. The molecule has 0 atom stereocenters. The maximum atomic E-state index is 12.0. The third kappa shape index (κ3) is 17.1. The topological polar surface area (TPSA) is 342 Å². The number of amides is 3. The second kappa shape index (κ2) is 23.0. The monoisotopic (exact) mass is 632 g/mol. The average Bonchev–Trinajstić information content (AvgIpc) is 2.97. The molecular formula is C23H28N12O10. The maximum Gasteiger partial charge on any atom is 0.408 e. The summed E-state index contributed by atoms with van der Waals surface area (Å²) in [5.41, 5.74) is 6.17. The molecule has 240 valence electrons. The van der Waals surface area contributed by atoms with Gasteiger partial charge in [-0.15, -0.1) is 0 Å². The van der Waals surface area contributed by atoms with Crippen LogP contribution in [0.1, 0.15) is 22.5 Å². The molecule has 8 N–H and O–H groups in total. The van der Waals surface area contributed by atoms with Crippen molar-refractivity contribution in [3.05, 3.63) is 43.2 Å². The lowest BCUT2D eigenvalue weighted by molar-refractivity contribution is 0.147. The molecule has 0 radical (unpaired) electrons. The number of nitriles is 2. The van der Waals surface area contributed by atoms with Crippen LogP contribution in [-0.2, 0) is 36.6 Å². The van der Waals surface area contributed by atoms with Gasteiger partial charge in [-0.05, 0) is 13.8 Å². The van der Waals surface area contributed by atoms with Crippen LogP contribution in [0, 0.1) is 36.9 Å². The number of ether oxygens (including phenoxy) is 3. The predicted octanol–water partition coefficient (Wildman–Crippen LogP) is -1.81. The Balaban J connectivity index is 0.000000832. The van der Waals surface area contributed by atoms with E-state index in [9.17, 15) is 28.8 Å². The number of nitrogens with two attached hydrogens (primary N) is 1. The lowest BCUT2D eigenvalue weighted by Crippen LogP contribution is -2.32. The van der Waals surface area contributed by atoms with E-state index < -0.39 is 17.7 Å². The van der Waals surface area contributed by atoms with Crippen LogP contribution >= 0.6 is 0 Å². The summed E-state index contributed by atoms with van der Waals surface area (Å²) < 4.78 is 13.0. The number of rotatable bonds is 12. The van der Waals surface area contributed by atoms with Crippen LogP contribution in [0.25, 0.3) is 0 Å². The van der Waals surface area contributed by atoms with E-state index in [-0.39, 0.29) is 62.8 Å². The van der Waals surface area contributed by atoms with E-state index in [0.717, 1.165) is 0 Å². The molecule has 45 heavy (non-hydrogen) atoms. The number of nitrogens with one attached hydrogen (secondary N) is 5. The minimum atomic E-state index is -0.805. The molecule has 3 amide bonds. The highest BCUT2D eigenvalue weighted by Crippen LogP contribution is 2.04. The Hall–Kier alpha value is -6.60. The zero-order chi connectivity index (χ0) is 34.0. The Kier molecular flexibility index (Phi) is 19.6. The number of isocyanates is 2. The van der Waals surface area contributed by atoms with Crippen molar-refractivity contribution >= 4 is 36.2 Å². The molecule has 0 saturated carbocycles. The number of nitrogens with zero attached hydrogens (tertiary/aromatic N) is 6. The Morgan fingerprint density at radius 2 is 1.58 bits per heavy atom. The highest BCUT2D eigenvalue weighted by molar-refractivity contribution is 5.87. The number of anilines is 2. The summed E-state index contributed by atoms with van der Waals surface area (Å²) in [4.78, 5) is 83.6. The minimum Gasteiger partial charge on any atom is -0.449 e. The van der Waals surface area contributed by atoms with Gasteiger partial charge in [-0.2, -0.15) is 20.5 Å². The quantitative estimate of drug-likeness (QED) is 0.0445. The van der Waals surface area contributed by atoms with Crippen LogP contribution < -0.4 is 32.8 Å². The van der Waals surface area contributed by atoms with Gasteiger partial charge < -0.3 is 35.7 Å². The zero-order valence-corrected chi connectivity index (χ0v) is 23.8. The number of urea groups is 1. The number of aliphatic hydroxyl groups excluding tert-OH is 1. The highest BCUT2D eigenvalue weighted by atomic mass is 16.5. The van der Waals surface area contributed by atoms with Crippen LogP contribution in [0.5, 0.6) is 0 Å². The van der Waals surface area contributed by atoms with Gasteiger partial charge in [-0.25, -0.2) is 29.1 Å². The molecule has 0 aromatic carbocycles. The molecule has 22 nitrogen and oxygen atoms in total. The molecule has 0 aliphatic carbocycles. The van der Waals surface area contributed by atoms with E-state index in [4.69, 9.17) is 26.1 Å². The number of alkyl carbamates (subject to hydrolysis) is 1. The molecule has 2 aromatic rings. The third-order valence-corrected chi connectivity index (χ3v) is 4.64. The summed E-state index contributed by atoms with van der Waals surface area (Å²) in [5, 5.41) is 31.1. The van der Waals surface area contributed by atoms with E-state index in [2.05, 4.69) is 55.3 Å². The smallest absolute Gasteiger partial charge is 0.408 e. The number of aryl methyl sites for hydroxylation is 2. The van der Waals surface area contributed by atoms with Gasteiger partial charge in [0.05, 0.1) is 18.0 Å². The summed E-state index contributed by atoms with van der Waals surface area (Å²) >= 11 is 0. The molecule has 0 fully saturated rings. The molecule has 0 aliphatic rings. The first-order chi connectivity index (χ1) is 21.5. The van der Waals surface area contributed by atoms with Gasteiger partial charge >= 0.3 is 12.1 Å². The Morgan fingerprint density at radius 3 is 2.16 bits per heavy atom. The van der Waals surface area contributed by atoms with Crippen molar-refractivity contribution in [2.45, 2.75) is 26.7 Å². The third-order valence-electron chi connectivity index (χ3n) is 4.64. The molecule has 0 aliphatic heterocycles. The van der Waals surface area contributed by atoms with E-state index >= 15 is 0 Å². The summed E-state index contributed by atoms with van der Waals surface area (Å²) in [7, 11) is 0. The maximum absolute atomic E-state index is 12.0. The van der Waals surface area contributed by atoms with Gasteiger partial charge in [-0.3, -0.25) is 24.9 Å². The molecule has 0 saturated heterocycles. The molecular weight excluding hydrogens is 604 g/mol. The number of aliphatic hydroxyl groups is 1.